The van der Waals surface area contributed by atoms with E-state index >= 15 is 0 Å². The lowest BCUT2D eigenvalue weighted by atomic mass is 9.96. The van der Waals surface area contributed by atoms with Gasteiger partial charge in [-0.25, -0.2) is 9.79 Å². The lowest BCUT2D eigenvalue weighted by Crippen LogP contribution is -2.39. The van der Waals surface area contributed by atoms with Gasteiger partial charge in [-0.15, -0.1) is 0 Å². The Labute approximate surface area is 220 Å². The molecule has 10 heteroatoms. The Morgan fingerprint density at radius 3 is 2.66 bits per heavy atom. The van der Waals surface area contributed by atoms with Crippen LogP contribution in [-0.4, -0.2) is 22.1 Å². The molecule has 2 aromatic carbocycles. The van der Waals surface area contributed by atoms with Gasteiger partial charge in [0, 0.05) is 23.8 Å². The maximum atomic E-state index is 13.7. The van der Waals surface area contributed by atoms with E-state index in [1.165, 1.54) is 28.0 Å². The lowest BCUT2D eigenvalue weighted by Gasteiger charge is -2.24. The summed E-state index contributed by atoms with van der Waals surface area (Å²) in [6.07, 6.45) is 1.62. The first-order chi connectivity index (χ1) is 18.3. The van der Waals surface area contributed by atoms with Gasteiger partial charge < -0.3 is 9.15 Å². The minimum Gasteiger partial charge on any atom is -0.463 e. The fourth-order valence-electron chi connectivity index (χ4n) is 4.44. The predicted octanol–water partition coefficient (Wildman–Crippen LogP) is 4.27. The van der Waals surface area contributed by atoms with Gasteiger partial charge in [0.25, 0.3) is 11.2 Å². The van der Waals surface area contributed by atoms with E-state index in [4.69, 9.17) is 9.15 Å². The molecular formula is C28H23N3O6S. The minimum atomic E-state index is -0.687. The van der Waals surface area contributed by atoms with Gasteiger partial charge in [-0.05, 0) is 44.0 Å². The van der Waals surface area contributed by atoms with E-state index < -0.39 is 16.9 Å². The average Bonchev–Trinajstić information content (AvgIpc) is 3.48. The number of rotatable bonds is 6. The highest BCUT2D eigenvalue weighted by Gasteiger charge is 2.33. The lowest BCUT2D eigenvalue weighted by molar-refractivity contribution is -0.384. The summed E-state index contributed by atoms with van der Waals surface area (Å²) in [7, 11) is 0. The number of aromatic nitrogens is 1. The third-order valence-electron chi connectivity index (χ3n) is 6.23. The number of nitro groups is 1. The molecule has 0 amide bonds. The molecule has 0 aliphatic carbocycles. The number of nitro benzene ring substituents is 1. The summed E-state index contributed by atoms with van der Waals surface area (Å²) in [5.74, 6) is 0.349. The van der Waals surface area contributed by atoms with Gasteiger partial charge in [-0.2, -0.15) is 0 Å². The molecule has 1 aliphatic heterocycles. The van der Waals surface area contributed by atoms with Crippen molar-refractivity contribution in [1.29, 1.82) is 0 Å². The van der Waals surface area contributed by atoms with Crippen LogP contribution in [0.5, 0.6) is 0 Å². The SMILES string of the molecule is CCOC(=O)C1=C(C)N=c2s/c(=C/c3ccc(-c4cc([N+](=O)[O-])ccc4C)o3)c(=O)n2[C@H]1c1ccccc1. The average molecular weight is 530 g/mol. The van der Waals surface area contributed by atoms with Gasteiger partial charge in [-0.3, -0.25) is 19.5 Å². The van der Waals surface area contributed by atoms with Gasteiger partial charge in [0.05, 0.1) is 33.4 Å². The number of fused-ring (bicyclic) bond motifs is 1. The molecule has 0 unspecified atom stereocenters. The Morgan fingerprint density at radius 2 is 1.95 bits per heavy atom. The van der Waals surface area contributed by atoms with Crippen LogP contribution in [0.1, 0.15) is 36.8 Å². The van der Waals surface area contributed by atoms with Gasteiger partial charge in [0.2, 0.25) is 0 Å². The summed E-state index contributed by atoms with van der Waals surface area (Å²) >= 11 is 1.19. The van der Waals surface area contributed by atoms with Gasteiger partial charge in [0.1, 0.15) is 11.5 Å². The first kappa shape index (κ1) is 25.1. The molecule has 4 aromatic rings. The third-order valence-corrected chi connectivity index (χ3v) is 7.21. The van der Waals surface area contributed by atoms with Crippen LogP contribution in [-0.2, 0) is 9.53 Å². The number of benzene rings is 2. The summed E-state index contributed by atoms with van der Waals surface area (Å²) in [5.41, 5.74) is 2.63. The van der Waals surface area contributed by atoms with E-state index in [-0.39, 0.29) is 17.9 Å². The summed E-state index contributed by atoms with van der Waals surface area (Å²) in [5, 5.41) is 11.2. The van der Waals surface area contributed by atoms with E-state index in [0.717, 1.165) is 11.1 Å². The molecule has 0 spiro atoms. The monoisotopic (exact) mass is 529 g/mol. The van der Waals surface area contributed by atoms with E-state index in [0.29, 0.717) is 37.7 Å². The molecule has 0 N–H and O–H groups in total. The van der Waals surface area contributed by atoms with Crippen LogP contribution in [0.25, 0.3) is 17.4 Å². The molecule has 0 radical (unpaired) electrons. The van der Waals surface area contributed by atoms with Crippen molar-refractivity contribution >= 4 is 29.1 Å². The van der Waals surface area contributed by atoms with Crippen molar-refractivity contribution in [2.75, 3.05) is 6.61 Å². The van der Waals surface area contributed by atoms with Crippen LogP contribution in [0.3, 0.4) is 0 Å². The normalized spacial score (nSPS) is 15.2. The van der Waals surface area contributed by atoms with E-state index in [2.05, 4.69) is 4.99 Å². The maximum Gasteiger partial charge on any atom is 0.338 e. The Kier molecular flexibility index (Phi) is 6.64. The Bertz CT molecular complexity index is 1780. The van der Waals surface area contributed by atoms with Gasteiger partial charge in [0.15, 0.2) is 4.80 Å². The summed E-state index contributed by atoms with van der Waals surface area (Å²) in [6, 6.07) is 16.6. The number of hydrogen-bond donors (Lipinski definition) is 0. The number of furan rings is 1. The van der Waals surface area contributed by atoms with Crippen LogP contribution in [0.4, 0.5) is 5.69 Å². The molecule has 5 rings (SSSR count). The smallest absolute Gasteiger partial charge is 0.338 e. The van der Waals surface area contributed by atoms with Crippen molar-refractivity contribution in [3.05, 3.63) is 119 Å². The molecule has 1 atom stereocenters. The molecule has 0 bridgehead atoms. The standard InChI is InChI=1S/C28H23N3O6S/c1-4-36-27(33)24-17(3)29-28-30(25(24)18-8-6-5-7-9-18)26(32)23(38-28)15-20-12-13-22(37-20)21-14-19(31(34)35)11-10-16(21)2/h5-15,25H,4H2,1-3H3/b23-15+/t25-/m0/s1. The van der Waals surface area contributed by atoms with Crippen LogP contribution >= 0.6 is 11.3 Å². The topological polar surface area (TPSA) is 117 Å². The Morgan fingerprint density at radius 1 is 1.18 bits per heavy atom. The van der Waals surface area contributed by atoms with Gasteiger partial charge >= 0.3 is 5.97 Å². The van der Waals surface area contributed by atoms with E-state index in [1.54, 1.807) is 38.1 Å². The molecule has 1 aliphatic rings. The van der Waals surface area contributed by atoms with Crippen molar-refractivity contribution in [3.8, 4) is 11.3 Å². The van der Waals surface area contributed by atoms with Crippen molar-refractivity contribution < 1.29 is 18.9 Å². The molecule has 9 nitrogen and oxygen atoms in total. The van der Waals surface area contributed by atoms with Crippen LogP contribution < -0.4 is 14.9 Å². The van der Waals surface area contributed by atoms with E-state index in [9.17, 15) is 19.7 Å². The highest BCUT2D eigenvalue weighted by Crippen LogP contribution is 2.31. The second-order valence-electron chi connectivity index (χ2n) is 8.67. The molecule has 3 heterocycles. The molecule has 2 aromatic heterocycles. The number of carbonyl (C=O) groups is 1. The van der Waals surface area contributed by atoms with Crippen LogP contribution in [0.15, 0.2) is 86.1 Å². The Hall–Kier alpha value is -4.57. The molecular weight excluding hydrogens is 506 g/mol. The second kappa shape index (κ2) is 10.1. The zero-order valence-electron chi connectivity index (χ0n) is 20.8. The Balaban J connectivity index is 1.62. The highest BCUT2D eigenvalue weighted by molar-refractivity contribution is 7.07. The van der Waals surface area contributed by atoms with Crippen LogP contribution in [0.2, 0.25) is 0 Å². The summed E-state index contributed by atoms with van der Waals surface area (Å²) in [4.78, 5) is 42.4. The second-order valence-corrected chi connectivity index (χ2v) is 9.68. The summed E-state index contributed by atoms with van der Waals surface area (Å²) < 4.78 is 13.2. The molecule has 192 valence electrons. The zero-order valence-corrected chi connectivity index (χ0v) is 21.7. The molecule has 38 heavy (non-hydrogen) atoms. The predicted molar refractivity (Wildman–Crippen MR) is 142 cm³/mol. The number of esters is 1. The van der Waals surface area contributed by atoms with Crippen molar-refractivity contribution in [2.45, 2.75) is 26.8 Å². The quantitative estimate of drug-likeness (QED) is 0.209. The number of ether oxygens (including phenoxy) is 1. The first-order valence-electron chi connectivity index (χ1n) is 11.9. The number of allylic oxidation sites excluding steroid dienone is 1. The highest BCUT2D eigenvalue weighted by atomic mass is 32.1. The van der Waals surface area contributed by atoms with Crippen molar-refractivity contribution in [3.63, 3.8) is 0 Å². The number of non-ortho nitro benzene ring substituents is 1. The fourth-order valence-corrected chi connectivity index (χ4v) is 5.46. The summed E-state index contributed by atoms with van der Waals surface area (Å²) in [6.45, 7) is 5.51. The largest absolute Gasteiger partial charge is 0.463 e. The zero-order chi connectivity index (χ0) is 27.0. The number of nitrogens with zero attached hydrogens (tertiary/aromatic N) is 3. The maximum absolute atomic E-state index is 13.7. The first-order valence-corrected chi connectivity index (χ1v) is 12.7. The fraction of sp³-hybridized carbons (Fsp3) is 0.179. The number of carbonyl (C=O) groups excluding carboxylic acids is 1. The van der Waals surface area contributed by atoms with Crippen LogP contribution in [0, 0.1) is 17.0 Å². The third kappa shape index (κ3) is 4.50. The minimum absolute atomic E-state index is 0.0365. The number of aryl methyl sites for hydroxylation is 1. The van der Waals surface area contributed by atoms with E-state index in [1.807, 2.05) is 37.3 Å². The molecule has 0 saturated carbocycles. The number of thiazole rings is 1. The number of hydrogen-bond acceptors (Lipinski definition) is 8. The molecule has 0 saturated heterocycles. The van der Waals surface area contributed by atoms with Crippen molar-refractivity contribution in [2.24, 2.45) is 4.99 Å². The van der Waals surface area contributed by atoms with Crippen molar-refractivity contribution in [1.82, 2.24) is 4.57 Å². The molecule has 0 fully saturated rings. The van der Waals surface area contributed by atoms with Gasteiger partial charge in [-0.1, -0.05) is 47.7 Å².